The molecule has 4 saturated heterocycles. The topological polar surface area (TPSA) is 84.3 Å². The van der Waals surface area contributed by atoms with Gasteiger partial charge in [-0.1, -0.05) is 0 Å². The fraction of sp³-hybridized carbons (Fsp3) is 0.591. The first-order chi connectivity index (χ1) is 15.2. The van der Waals surface area contributed by atoms with Gasteiger partial charge in [-0.3, -0.25) is 9.78 Å². The Morgan fingerprint density at radius 3 is 2.19 bits per heavy atom. The summed E-state index contributed by atoms with van der Waals surface area (Å²) in [5.41, 5.74) is 4.84. The van der Waals surface area contributed by atoms with Gasteiger partial charge in [-0.05, 0) is 31.7 Å². The molecule has 4 aliphatic heterocycles. The Hall–Kier alpha value is -2.65. The van der Waals surface area contributed by atoms with Gasteiger partial charge in [-0.25, -0.2) is 4.98 Å². The minimum atomic E-state index is 0.318. The molecule has 1 N–H and O–H groups in total. The molecule has 7 heterocycles. The first-order valence-electron chi connectivity index (χ1n) is 11.4. The molecule has 0 aromatic carbocycles. The smallest absolute Gasteiger partial charge is 0.139 e. The Balaban J connectivity index is 1.39. The first-order valence-corrected chi connectivity index (χ1v) is 11.4. The Morgan fingerprint density at radius 2 is 1.58 bits per heavy atom. The zero-order valence-electron chi connectivity index (χ0n) is 17.7. The van der Waals surface area contributed by atoms with Crippen LogP contribution in [0, 0.1) is 0 Å². The minimum absolute atomic E-state index is 0.318. The van der Waals surface area contributed by atoms with Gasteiger partial charge < -0.3 is 19.3 Å². The summed E-state index contributed by atoms with van der Waals surface area (Å²) < 4.78 is 14.2. The van der Waals surface area contributed by atoms with Gasteiger partial charge >= 0.3 is 0 Å². The van der Waals surface area contributed by atoms with Gasteiger partial charge in [0.25, 0.3) is 0 Å². The van der Waals surface area contributed by atoms with Crippen LogP contribution in [0.3, 0.4) is 0 Å². The van der Waals surface area contributed by atoms with Gasteiger partial charge in [0, 0.05) is 45.5 Å². The lowest BCUT2D eigenvalue weighted by Crippen LogP contribution is -2.44. The number of aryl methyl sites for hydroxylation is 1. The van der Waals surface area contributed by atoms with Crippen LogP contribution in [0.5, 0.6) is 0 Å². The van der Waals surface area contributed by atoms with Gasteiger partial charge in [0.05, 0.1) is 30.1 Å². The molecule has 162 valence electrons. The lowest BCUT2D eigenvalue weighted by Gasteiger charge is -2.36. The van der Waals surface area contributed by atoms with E-state index in [9.17, 15) is 0 Å². The van der Waals surface area contributed by atoms with Crippen LogP contribution in [0.15, 0.2) is 18.3 Å². The van der Waals surface area contributed by atoms with Crippen molar-refractivity contribution in [3.8, 4) is 11.4 Å². The molecule has 4 bridgehead atoms. The molecule has 4 atom stereocenters. The van der Waals surface area contributed by atoms with Gasteiger partial charge in [-0.15, -0.1) is 0 Å². The molecule has 3 aromatic heterocycles. The second kappa shape index (κ2) is 6.67. The predicted octanol–water partition coefficient (Wildman–Crippen LogP) is 2.09. The second-order valence-corrected chi connectivity index (χ2v) is 9.35. The molecule has 3 aromatic rings. The fourth-order valence-electron chi connectivity index (χ4n) is 5.82. The summed E-state index contributed by atoms with van der Waals surface area (Å²) in [5.74, 6) is 1.02. The minimum Gasteiger partial charge on any atom is -0.371 e. The number of ether oxygens (including phenoxy) is 2. The van der Waals surface area contributed by atoms with Gasteiger partial charge in [0.15, 0.2) is 0 Å². The molecule has 4 fully saturated rings. The van der Waals surface area contributed by atoms with Crippen LogP contribution in [-0.2, 0) is 16.5 Å². The first kappa shape index (κ1) is 18.0. The number of nitrogens with zero attached hydrogens (tertiary/aromatic N) is 6. The zero-order chi connectivity index (χ0) is 20.5. The highest BCUT2D eigenvalue weighted by molar-refractivity contribution is 5.98. The SMILES string of the molecule is Cn1nc(-c2cc[nH]n2)c2nc(N3CC4CCC(C3)O4)cc(N3CC4CCC(C3)O4)c21. The Bertz CT molecular complexity index is 1100. The van der Waals surface area contributed by atoms with Crippen LogP contribution in [-0.4, -0.2) is 75.6 Å². The van der Waals surface area contributed by atoms with E-state index in [0.717, 1.165) is 80.1 Å². The molecule has 31 heavy (non-hydrogen) atoms. The van der Waals surface area contributed by atoms with Crippen molar-refractivity contribution in [2.24, 2.45) is 7.05 Å². The maximum atomic E-state index is 6.12. The number of aromatic amines is 1. The summed E-state index contributed by atoms with van der Waals surface area (Å²) in [6.07, 6.45) is 7.71. The highest BCUT2D eigenvalue weighted by atomic mass is 16.5. The van der Waals surface area contributed by atoms with E-state index < -0.39 is 0 Å². The monoisotopic (exact) mass is 421 g/mol. The third-order valence-electron chi connectivity index (χ3n) is 7.25. The summed E-state index contributed by atoms with van der Waals surface area (Å²) in [6.45, 7) is 3.65. The highest BCUT2D eigenvalue weighted by Crippen LogP contribution is 2.39. The van der Waals surface area contributed by atoms with Crippen molar-refractivity contribution in [1.82, 2.24) is 25.0 Å². The number of morpholine rings is 2. The molecule has 0 spiro atoms. The Kier molecular flexibility index (Phi) is 3.87. The summed E-state index contributed by atoms with van der Waals surface area (Å²) in [4.78, 5) is 10.1. The molecular weight excluding hydrogens is 394 g/mol. The van der Waals surface area contributed by atoms with Crippen molar-refractivity contribution in [2.75, 3.05) is 36.0 Å². The summed E-state index contributed by atoms with van der Waals surface area (Å²) in [5, 5.41) is 12.2. The fourth-order valence-corrected chi connectivity index (χ4v) is 5.82. The average Bonchev–Trinajstić information content (AvgIpc) is 3.56. The van der Waals surface area contributed by atoms with Crippen molar-refractivity contribution in [1.29, 1.82) is 0 Å². The van der Waals surface area contributed by atoms with Crippen LogP contribution in [0.4, 0.5) is 11.5 Å². The molecule has 7 rings (SSSR count). The van der Waals surface area contributed by atoms with E-state index in [1.54, 1.807) is 0 Å². The molecule has 0 amide bonds. The van der Waals surface area contributed by atoms with Gasteiger partial charge in [0.2, 0.25) is 0 Å². The average molecular weight is 422 g/mol. The number of aromatic nitrogens is 5. The summed E-state index contributed by atoms with van der Waals surface area (Å²) in [6, 6.07) is 4.23. The van der Waals surface area contributed by atoms with Crippen LogP contribution in [0.1, 0.15) is 25.7 Å². The van der Waals surface area contributed by atoms with E-state index in [-0.39, 0.29) is 0 Å². The Labute approximate surface area is 180 Å². The number of hydrogen-bond acceptors (Lipinski definition) is 7. The maximum Gasteiger partial charge on any atom is 0.139 e. The molecule has 9 nitrogen and oxygen atoms in total. The number of anilines is 2. The van der Waals surface area contributed by atoms with Crippen molar-refractivity contribution < 1.29 is 9.47 Å². The van der Waals surface area contributed by atoms with Crippen molar-refractivity contribution in [2.45, 2.75) is 50.1 Å². The number of pyridine rings is 1. The van der Waals surface area contributed by atoms with Crippen molar-refractivity contribution in [3.63, 3.8) is 0 Å². The van der Waals surface area contributed by atoms with Crippen LogP contribution < -0.4 is 9.80 Å². The molecular formula is C22H27N7O2. The number of fused-ring (bicyclic) bond motifs is 5. The molecule has 0 aliphatic carbocycles. The quantitative estimate of drug-likeness (QED) is 0.693. The van der Waals surface area contributed by atoms with E-state index in [1.807, 2.05) is 24.0 Å². The molecule has 4 aliphatic rings. The standard InChI is InChI=1S/C22H27N7O2/c1-27-22-18(28-9-13-2-3-14(10-28)30-13)8-19(29-11-15-4-5-16(12-29)31-15)24-21(22)20(26-27)17-6-7-23-25-17/h6-8,13-16H,2-5,9-12H2,1H3,(H,23,25). The van der Waals surface area contributed by atoms with E-state index in [2.05, 4.69) is 26.1 Å². The van der Waals surface area contributed by atoms with Crippen LogP contribution >= 0.6 is 0 Å². The molecule has 0 saturated carbocycles. The van der Waals surface area contributed by atoms with Crippen molar-refractivity contribution in [3.05, 3.63) is 18.3 Å². The highest BCUT2D eigenvalue weighted by Gasteiger charge is 2.37. The number of H-pyrrole nitrogens is 1. The van der Waals surface area contributed by atoms with Crippen molar-refractivity contribution >= 4 is 22.5 Å². The van der Waals surface area contributed by atoms with E-state index >= 15 is 0 Å². The second-order valence-electron chi connectivity index (χ2n) is 9.35. The maximum absolute atomic E-state index is 6.12. The lowest BCUT2D eigenvalue weighted by atomic mass is 10.2. The molecule has 4 unspecified atom stereocenters. The zero-order valence-corrected chi connectivity index (χ0v) is 17.7. The lowest BCUT2D eigenvalue weighted by molar-refractivity contribution is 0.0301. The van der Waals surface area contributed by atoms with Gasteiger partial charge in [-0.2, -0.15) is 10.2 Å². The summed E-state index contributed by atoms with van der Waals surface area (Å²) in [7, 11) is 2.01. The third kappa shape index (κ3) is 2.86. The van der Waals surface area contributed by atoms with E-state index in [0.29, 0.717) is 24.4 Å². The molecule has 0 radical (unpaired) electrons. The van der Waals surface area contributed by atoms with Crippen LogP contribution in [0.25, 0.3) is 22.4 Å². The largest absolute Gasteiger partial charge is 0.371 e. The van der Waals surface area contributed by atoms with Crippen LogP contribution in [0.2, 0.25) is 0 Å². The number of nitrogens with one attached hydrogen (secondary N) is 1. The Morgan fingerprint density at radius 1 is 0.935 bits per heavy atom. The van der Waals surface area contributed by atoms with Gasteiger partial charge in [0.1, 0.15) is 28.2 Å². The summed E-state index contributed by atoms with van der Waals surface area (Å²) >= 11 is 0. The number of hydrogen-bond donors (Lipinski definition) is 1. The third-order valence-corrected chi connectivity index (χ3v) is 7.25. The van der Waals surface area contributed by atoms with E-state index in [1.165, 1.54) is 5.69 Å². The van der Waals surface area contributed by atoms with E-state index in [4.69, 9.17) is 19.6 Å². The predicted molar refractivity (Wildman–Crippen MR) is 116 cm³/mol. The molecule has 9 heteroatoms. The normalized spacial score (nSPS) is 30.0. The number of rotatable bonds is 3.